The Hall–Kier alpha value is -4.03. The molecular weight excluding hydrogens is 534 g/mol. The molecule has 0 unspecified atom stereocenters. The molecule has 2 aliphatic rings. The van der Waals surface area contributed by atoms with Gasteiger partial charge in [0, 0.05) is 12.4 Å². The van der Waals surface area contributed by atoms with E-state index in [1.807, 2.05) is 0 Å². The highest BCUT2D eigenvalue weighted by atomic mass is 32.1. The fourth-order valence-electron chi connectivity index (χ4n) is 4.33. The number of halogens is 4. The molecule has 0 atom stereocenters. The van der Waals surface area contributed by atoms with Crippen molar-refractivity contribution in [3.8, 4) is 0 Å². The van der Waals surface area contributed by atoms with Gasteiger partial charge in [-0.05, 0) is 47.2 Å². The summed E-state index contributed by atoms with van der Waals surface area (Å²) in [6, 6.07) is 16.6. The van der Waals surface area contributed by atoms with Crippen LogP contribution >= 0.6 is 22.7 Å². The standard InChI is InChI=1S/C24H14B2F4N6S2/c27-25(28)35-22(16-8-6-14-38-16)20-19(23(35)33-17-9-1-3-11-31-17)21(15-7-5-13-37-15)36(26(29)30)24(20)34-18-10-2-4-12-32-18/h1-14H/b33-23-,34-24-. The molecular formula is C24H14B2F4N6S2. The molecule has 0 aliphatic carbocycles. The fourth-order valence-corrected chi connectivity index (χ4v) is 5.88. The first-order valence-electron chi connectivity index (χ1n) is 11.3. The Bertz CT molecular complexity index is 1450. The van der Waals surface area contributed by atoms with Crippen molar-refractivity contribution in [1.29, 1.82) is 0 Å². The van der Waals surface area contributed by atoms with Crippen LogP contribution in [0.15, 0.2) is 105 Å². The maximum atomic E-state index is 14.9. The predicted molar refractivity (Wildman–Crippen MR) is 145 cm³/mol. The van der Waals surface area contributed by atoms with Crippen molar-refractivity contribution in [3.05, 3.63) is 105 Å². The monoisotopic (exact) mass is 548 g/mol. The largest absolute Gasteiger partial charge is 0.679 e. The highest BCUT2D eigenvalue weighted by Gasteiger charge is 2.53. The number of rotatable bonds is 6. The fraction of sp³-hybridized carbons (Fsp3) is 0. The minimum absolute atomic E-state index is 0.0477. The number of amidine groups is 2. The van der Waals surface area contributed by atoms with E-state index in [-0.39, 0.29) is 45.8 Å². The zero-order chi connectivity index (χ0) is 26.2. The summed E-state index contributed by atoms with van der Waals surface area (Å²) in [5.41, 5.74) is 0.367. The van der Waals surface area contributed by atoms with E-state index < -0.39 is 14.8 Å². The molecule has 0 spiro atoms. The van der Waals surface area contributed by atoms with Gasteiger partial charge in [0.25, 0.3) is 0 Å². The van der Waals surface area contributed by atoms with Crippen molar-refractivity contribution < 1.29 is 17.3 Å². The van der Waals surface area contributed by atoms with Crippen LogP contribution in [0.1, 0.15) is 9.75 Å². The highest BCUT2D eigenvalue weighted by Crippen LogP contribution is 2.50. The Labute approximate surface area is 223 Å². The lowest BCUT2D eigenvalue weighted by molar-refractivity contribution is 0.570. The molecule has 186 valence electrons. The number of fused-ring (bicyclic) bond motifs is 1. The van der Waals surface area contributed by atoms with Crippen LogP contribution in [-0.2, 0) is 0 Å². The summed E-state index contributed by atoms with van der Waals surface area (Å²) in [5.74, 6) is -0.0388. The van der Waals surface area contributed by atoms with Crippen molar-refractivity contribution in [3.63, 3.8) is 0 Å². The van der Waals surface area contributed by atoms with Crippen molar-refractivity contribution in [2.24, 2.45) is 9.98 Å². The molecule has 6 rings (SSSR count). The molecule has 0 bridgehead atoms. The number of hydrogen-bond acceptors (Lipinski definition) is 6. The Kier molecular flexibility index (Phi) is 6.42. The van der Waals surface area contributed by atoms with Crippen LogP contribution in [0, 0.1) is 0 Å². The number of aromatic nitrogens is 2. The second-order valence-corrected chi connectivity index (χ2v) is 9.84. The zero-order valence-electron chi connectivity index (χ0n) is 19.2. The number of pyridine rings is 2. The molecule has 38 heavy (non-hydrogen) atoms. The van der Waals surface area contributed by atoms with Gasteiger partial charge in [0.2, 0.25) is 0 Å². The molecule has 6 nitrogen and oxygen atoms in total. The van der Waals surface area contributed by atoms with Gasteiger partial charge in [-0.15, -0.1) is 22.7 Å². The second-order valence-electron chi connectivity index (χ2n) is 7.94. The lowest BCUT2D eigenvalue weighted by Crippen LogP contribution is -2.38. The first-order valence-corrected chi connectivity index (χ1v) is 13.0. The molecule has 0 fully saturated rings. The molecule has 0 aromatic carbocycles. The third kappa shape index (κ3) is 4.15. The molecule has 0 N–H and O–H groups in total. The molecule has 0 amide bonds. The summed E-state index contributed by atoms with van der Waals surface area (Å²) in [4.78, 5) is 19.8. The van der Waals surface area contributed by atoms with Crippen molar-refractivity contribution in [2.45, 2.75) is 0 Å². The zero-order valence-corrected chi connectivity index (χ0v) is 20.9. The summed E-state index contributed by atoms with van der Waals surface area (Å²) < 4.78 is 59.5. The molecule has 14 heteroatoms. The Morgan fingerprint density at radius 3 is 1.37 bits per heavy atom. The third-order valence-electron chi connectivity index (χ3n) is 5.75. The van der Waals surface area contributed by atoms with E-state index in [9.17, 15) is 17.3 Å². The van der Waals surface area contributed by atoms with Crippen LogP contribution in [0.3, 0.4) is 0 Å². The van der Waals surface area contributed by atoms with E-state index in [0.29, 0.717) is 9.75 Å². The van der Waals surface area contributed by atoms with Gasteiger partial charge in [-0.25, -0.2) is 20.0 Å². The van der Waals surface area contributed by atoms with Gasteiger partial charge in [-0.2, -0.15) is 0 Å². The van der Waals surface area contributed by atoms with Crippen LogP contribution in [-0.4, -0.2) is 46.1 Å². The SMILES string of the molecule is FB(F)N1C(c2cccs2)=C2C(=C(c3cccs3)N(B(F)F)/C2=N\c2ccccn2)/C1=N/c1ccccn1. The molecule has 6 heterocycles. The van der Waals surface area contributed by atoms with Gasteiger partial charge in [0.15, 0.2) is 11.6 Å². The summed E-state index contributed by atoms with van der Waals surface area (Å²) in [7, 11) is -6.05. The summed E-state index contributed by atoms with van der Waals surface area (Å²) in [5, 5.41) is 3.47. The van der Waals surface area contributed by atoms with Crippen molar-refractivity contribution >= 4 is 72.2 Å². The van der Waals surface area contributed by atoms with Gasteiger partial charge in [-0.3, -0.25) is 17.3 Å². The van der Waals surface area contributed by atoms with Crippen LogP contribution < -0.4 is 0 Å². The van der Waals surface area contributed by atoms with Crippen LogP contribution in [0.25, 0.3) is 11.4 Å². The number of thiophene rings is 2. The smallest absolute Gasteiger partial charge is 0.308 e. The minimum atomic E-state index is -3.03. The van der Waals surface area contributed by atoms with Crippen LogP contribution in [0.4, 0.5) is 28.9 Å². The molecule has 0 radical (unpaired) electrons. The average Bonchev–Trinajstić information content (AvgIpc) is 3.71. The first kappa shape index (κ1) is 24.3. The Balaban J connectivity index is 1.73. The third-order valence-corrected chi connectivity index (χ3v) is 7.50. The summed E-state index contributed by atoms with van der Waals surface area (Å²) in [6.45, 7) is 0. The topological polar surface area (TPSA) is 57.0 Å². The van der Waals surface area contributed by atoms with E-state index in [4.69, 9.17) is 0 Å². The van der Waals surface area contributed by atoms with E-state index in [0.717, 1.165) is 9.62 Å². The Morgan fingerprint density at radius 2 is 1.05 bits per heavy atom. The first-order chi connectivity index (χ1) is 18.5. The van der Waals surface area contributed by atoms with Gasteiger partial charge < -0.3 is 9.62 Å². The van der Waals surface area contributed by atoms with Gasteiger partial charge in [-0.1, -0.05) is 24.3 Å². The minimum Gasteiger partial charge on any atom is -0.308 e. The van der Waals surface area contributed by atoms with Gasteiger partial charge in [0.05, 0.1) is 32.3 Å². The van der Waals surface area contributed by atoms with Crippen molar-refractivity contribution in [2.75, 3.05) is 0 Å². The average molecular weight is 548 g/mol. The quantitative estimate of drug-likeness (QED) is 0.200. The normalized spacial score (nSPS) is 17.3. The number of hydrogen-bond donors (Lipinski definition) is 0. The van der Waals surface area contributed by atoms with Crippen LogP contribution in [0.5, 0.6) is 0 Å². The second kappa shape index (κ2) is 10.0. The predicted octanol–water partition coefficient (Wildman–Crippen LogP) is 6.66. The number of aliphatic imine (C=N–C) groups is 2. The molecule has 0 saturated heterocycles. The van der Waals surface area contributed by atoms with Gasteiger partial charge >= 0.3 is 14.8 Å². The lowest BCUT2D eigenvalue weighted by Gasteiger charge is -2.24. The van der Waals surface area contributed by atoms with E-state index in [1.54, 1.807) is 71.4 Å². The molecule has 4 aromatic heterocycles. The number of nitrogens with zero attached hydrogens (tertiary/aromatic N) is 6. The molecule has 0 saturated carbocycles. The van der Waals surface area contributed by atoms with Gasteiger partial charge in [0.1, 0.15) is 11.7 Å². The maximum absolute atomic E-state index is 14.9. The van der Waals surface area contributed by atoms with E-state index >= 15 is 0 Å². The lowest BCUT2D eigenvalue weighted by atomic mass is 10.1. The van der Waals surface area contributed by atoms with E-state index in [2.05, 4.69) is 20.0 Å². The molecule has 4 aromatic rings. The maximum Gasteiger partial charge on any atom is 0.679 e. The Morgan fingerprint density at radius 1 is 0.605 bits per heavy atom. The highest BCUT2D eigenvalue weighted by molar-refractivity contribution is 7.11. The summed E-state index contributed by atoms with van der Waals surface area (Å²) >= 11 is 2.43. The summed E-state index contributed by atoms with van der Waals surface area (Å²) in [6.07, 6.45) is 2.97. The van der Waals surface area contributed by atoms with E-state index in [1.165, 1.54) is 35.1 Å². The van der Waals surface area contributed by atoms with Crippen molar-refractivity contribution in [1.82, 2.24) is 19.6 Å². The van der Waals surface area contributed by atoms with Crippen LogP contribution in [0.2, 0.25) is 0 Å². The molecule has 2 aliphatic heterocycles.